The van der Waals surface area contributed by atoms with Crippen molar-refractivity contribution in [2.45, 2.75) is 25.4 Å². The first-order chi connectivity index (χ1) is 9.37. The Hall–Kier alpha value is -1.67. The minimum atomic E-state index is -3.05. The Balaban J connectivity index is 2.05. The Kier molecular flexibility index (Phi) is 4.24. The Morgan fingerprint density at radius 2 is 2.05 bits per heavy atom. The van der Waals surface area contributed by atoms with E-state index in [4.69, 9.17) is 10.3 Å². The van der Waals surface area contributed by atoms with Gasteiger partial charge in [0.15, 0.2) is 5.82 Å². The van der Waals surface area contributed by atoms with Crippen LogP contribution in [-0.2, 0) is 9.84 Å². The molecule has 0 amide bonds. The zero-order valence-electron chi connectivity index (χ0n) is 11.4. The normalized spacial score (nSPS) is 15.2. The third kappa shape index (κ3) is 3.67. The van der Waals surface area contributed by atoms with Gasteiger partial charge in [-0.05, 0) is 25.5 Å². The van der Waals surface area contributed by atoms with Gasteiger partial charge in [-0.3, -0.25) is 0 Å². The van der Waals surface area contributed by atoms with E-state index in [9.17, 15) is 8.42 Å². The molecular weight excluding hydrogens is 280 g/mol. The van der Waals surface area contributed by atoms with Crippen molar-refractivity contribution in [2.24, 2.45) is 5.73 Å². The second-order valence-corrected chi connectivity index (χ2v) is 7.08. The number of hydrogen-bond donors (Lipinski definition) is 1. The summed E-state index contributed by atoms with van der Waals surface area (Å²) in [5, 5.41) is 3.90. The minimum Gasteiger partial charge on any atom is -0.344 e. The first-order valence-corrected chi connectivity index (χ1v) is 8.32. The zero-order chi connectivity index (χ0) is 14.8. The molecule has 20 heavy (non-hydrogen) atoms. The highest BCUT2D eigenvalue weighted by Gasteiger charge is 2.20. The summed E-state index contributed by atoms with van der Waals surface area (Å²) < 4.78 is 29.3. The maximum Gasteiger partial charge on any atom is 0.243 e. The molecule has 0 saturated heterocycles. The molecule has 2 N–H and O–H groups in total. The second-order valence-electron chi connectivity index (χ2n) is 4.82. The van der Waals surface area contributed by atoms with Crippen molar-refractivity contribution in [1.29, 1.82) is 0 Å². The van der Waals surface area contributed by atoms with Gasteiger partial charge in [0.2, 0.25) is 5.89 Å². The van der Waals surface area contributed by atoms with Crippen molar-refractivity contribution in [3.05, 3.63) is 36.2 Å². The summed E-state index contributed by atoms with van der Waals surface area (Å²) in [5.74, 6) is 0.785. The van der Waals surface area contributed by atoms with E-state index in [1.54, 1.807) is 0 Å². The van der Waals surface area contributed by atoms with Gasteiger partial charge >= 0.3 is 0 Å². The molecule has 0 radical (unpaired) electrons. The third-order valence-electron chi connectivity index (χ3n) is 3.02. The van der Waals surface area contributed by atoms with Crippen LogP contribution in [0.5, 0.6) is 0 Å². The highest BCUT2D eigenvalue weighted by molar-refractivity contribution is 7.90. The standard InChI is InChI=1S/C12H18N4O3S/c1-9(16-6-3-4-7-16)11-14-12(19-15-11)10(13)5-8-20(2,17)18/h3-4,6-7,9-10H,5,8,13H2,1-2H3/t9-,10+/m1/s1. The SMILES string of the molecule is C[C@H](c1noc([C@@H](N)CCS(C)(=O)=O)n1)n1cccc1. The molecule has 2 aromatic rings. The van der Waals surface area contributed by atoms with Gasteiger partial charge in [-0.15, -0.1) is 0 Å². The third-order valence-corrected chi connectivity index (χ3v) is 4.00. The van der Waals surface area contributed by atoms with Crippen molar-refractivity contribution >= 4 is 9.84 Å². The molecule has 0 fully saturated rings. The minimum absolute atomic E-state index is 0.000958. The van der Waals surface area contributed by atoms with Crippen molar-refractivity contribution < 1.29 is 12.9 Å². The summed E-state index contributed by atoms with van der Waals surface area (Å²) in [5.41, 5.74) is 5.87. The number of nitrogens with zero attached hydrogens (tertiary/aromatic N) is 3. The van der Waals surface area contributed by atoms with E-state index in [2.05, 4.69) is 10.1 Å². The molecule has 0 bridgehead atoms. The van der Waals surface area contributed by atoms with Crippen LogP contribution in [0.4, 0.5) is 0 Å². The fourth-order valence-electron chi connectivity index (χ4n) is 1.77. The van der Waals surface area contributed by atoms with Crippen molar-refractivity contribution in [1.82, 2.24) is 14.7 Å². The Bertz CT molecular complexity index is 648. The molecule has 0 aliphatic carbocycles. The van der Waals surface area contributed by atoms with Crippen molar-refractivity contribution in [2.75, 3.05) is 12.0 Å². The van der Waals surface area contributed by atoms with Crippen LogP contribution < -0.4 is 5.73 Å². The van der Waals surface area contributed by atoms with Crippen LogP contribution in [0.15, 0.2) is 29.0 Å². The fourth-order valence-corrected chi connectivity index (χ4v) is 2.45. The molecule has 8 heteroatoms. The molecular formula is C12H18N4O3S. The molecule has 0 aromatic carbocycles. The molecule has 0 aliphatic rings. The predicted octanol–water partition coefficient (Wildman–Crippen LogP) is 0.915. The zero-order valence-corrected chi connectivity index (χ0v) is 12.2. The molecule has 0 saturated carbocycles. The van der Waals surface area contributed by atoms with E-state index in [0.29, 0.717) is 5.82 Å². The van der Waals surface area contributed by atoms with Crippen LogP contribution in [0.3, 0.4) is 0 Å². The number of nitrogens with two attached hydrogens (primary N) is 1. The molecule has 0 aliphatic heterocycles. The van der Waals surface area contributed by atoms with E-state index in [1.165, 1.54) is 6.26 Å². The van der Waals surface area contributed by atoms with Gasteiger partial charge in [0.25, 0.3) is 0 Å². The summed E-state index contributed by atoms with van der Waals surface area (Å²) in [4.78, 5) is 4.25. The number of hydrogen-bond acceptors (Lipinski definition) is 6. The summed E-state index contributed by atoms with van der Waals surface area (Å²) in [6.45, 7) is 1.94. The topological polar surface area (TPSA) is 104 Å². The van der Waals surface area contributed by atoms with Crippen LogP contribution in [0.25, 0.3) is 0 Å². The average Bonchev–Trinajstić information content (AvgIpc) is 3.04. The monoisotopic (exact) mass is 298 g/mol. The smallest absolute Gasteiger partial charge is 0.243 e. The van der Waals surface area contributed by atoms with Crippen molar-refractivity contribution in [3.8, 4) is 0 Å². The van der Waals surface area contributed by atoms with Gasteiger partial charge in [-0.2, -0.15) is 4.98 Å². The largest absolute Gasteiger partial charge is 0.344 e. The van der Waals surface area contributed by atoms with Crippen LogP contribution in [0.2, 0.25) is 0 Å². The van der Waals surface area contributed by atoms with Crippen molar-refractivity contribution in [3.63, 3.8) is 0 Å². The van der Waals surface area contributed by atoms with Gasteiger partial charge in [0.1, 0.15) is 9.84 Å². The average molecular weight is 298 g/mol. The van der Waals surface area contributed by atoms with Gasteiger partial charge < -0.3 is 14.8 Å². The maximum absolute atomic E-state index is 11.1. The van der Waals surface area contributed by atoms with Gasteiger partial charge in [-0.25, -0.2) is 8.42 Å². The molecule has 2 atom stereocenters. The lowest BCUT2D eigenvalue weighted by molar-refractivity contribution is 0.345. The van der Waals surface area contributed by atoms with Crippen LogP contribution in [-0.4, -0.2) is 35.1 Å². The van der Waals surface area contributed by atoms with Gasteiger partial charge in [-0.1, -0.05) is 5.16 Å². The molecule has 0 unspecified atom stereocenters. The number of aromatic nitrogens is 3. The molecule has 2 heterocycles. The number of sulfone groups is 1. The molecule has 2 aromatic heterocycles. The summed E-state index contributed by atoms with van der Waals surface area (Å²) in [7, 11) is -3.05. The van der Waals surface area contributed by atoms with E-state index in [-0.39, 0.29) is 24.1 Å². The Morgan fingerprint density at radius 3 is 2.65 bits per heavy atom. The lowest BCUT2D eigenvalue weighted by Crippen LogP contribution is -2.16. The van der Waals surface area contributed by atoms with Gasteiger partial charge in [0.05, 0.1) is 17.8 Å². The molecule has 7 nitrogen and oxygen atoms in total. The lowest BCUT2D eigenvalue weighted by atomic mass is 10.2. The van der Waals surface area contributed by atoms with Crippen LogP contribution in [0, 0.1) is 0 Å². The Morgan fingerprint density at radius 1 is 1.40 bits per heavy atom. The summed E-state index contributed by atoms with van der Waals surface area (Å²) in [6.07, 6.45) is 5.25. The first-order valence-electron chi connectivity index (χ1n) is 6.26. The Labute approximate surface area is 117 Å². The second kappa shape index (κ2) is 5.76. The summed E-state index contributed by atoms with van der Waals surface area (Å²) >= 11 is 0. The molecule has 110 valence electrons. The van der Waals surface area contributed by atoms with E-state index in [0.717, 1.165) is 0 Å². The lowest BCUT2D eigenvalue weighted by Gasteiger charge is -2.08. The van der Waals surface area contributed by atoms with Gasteiger partial charge in [0, 0.05) is 18.6 Å². The predicted molar refractivity (Wildman–Crippen MR) is 73.8 cm³/mol. The van der Waals surface area contributed by atoms with E-state index < -0.39 is 15.9 Å². The quantitative estimate of drug-likeness (QED) is 0.850. The molecule has 0 spiro atoms. The van der Waals surface area contributed by atoms with E-state index in [1.807, 2.05) is 36.0 Å². The highest BCUT2D eigenvalue weighted by atomic mass is 32.2. The number of rotatable bonds is 6. The first kappa shape index (κ1) is 14.7. The summed E-state index contributed by atoms with van der Waals surface area (Å²) in [6, 6.07) is 3.19. The van der Waals surface area contributed by atoms with Crippen LogP contribution in [0.1, 0.15) is 37.1 Å². The highest BCUT2D eigenvalue weighted by Crippen LogP contribution is 2.18. The molecule has 2 rings (SSSR count). The van der Waals surface area contributed by atoms with E-state index >= 15 is 0 Å². The fraction of sp³-hybridized carbons (Fsp3) is 0.500. The maximum atomic E-state index is 11.1. The van der Waals surface area contributed by atoms with Crippen LogP contribution >= 0.6 is 0 Å².